The fraction of sp³-hybridized carbons (Fsp3) is 0.250. The summed E-state index contributed by atoms with van der Waals surface area (Å²) in [6, 6.07) is 8.92. The van der Waals surface area contributed by atoms with Gasteiger partial charge >= 0.3 is 5.97 Å². The first kappa shape index (κ1) is 14.2. The van der Waals surface area contributed by atoms with Crippen LogP contribution in [0.1, 0.15) is 12.5 Å². The van der Waals surface area contributed by atoms with Gasteiger partial charge in [-0.15, -0.1) is 0 Å². The topological polar surface area (TPSA) is 71.7 Å². The van der Waals surface area contributed by atoms with Gasteiger partial charge in [-0.3, -0.25) is 0 Å². The van der Waals surface area contributed by atoms with Gasteiger partial charge in [0.2, 0.25) is 6.61 Å². The molecule has 0 N–H and O–H groups in total. The van der Waals surface area contributed by atoms with E-state index >= 15 is 0 Å². The third-order valence-electron chi connectivity index (χ3n) is 1.87. The summed E-state index contributed by atoms with van der Waals surface area (Å²) in [5.74, 6) is -0.519. The average molecular weight is 311 g/mol. The fourth-order valence-corrected chi connectivity index (χ4v) is 1.36. The van der Waals surface area contributed by atoms with Crippen LogP contribution in [-0.2, 0) is 14.4 Å². The number of ether oxygens (including phenoxy) is 1. The van der Waals surface area contributed by atoms with E-state index < -0.39 is 5.97 Å². The van der Waals surface area contributed by atoms with Crippen LogP contribution in [0.2, 0.25) is 0 Å². The van der Waals surface area contributed by atoms with Crippen LogP contribution in [0.25, 0.3) is 0 Å². The number of hydrogen-bond acceptors (Lipinski definition) is 5. The Morgan fingerprint density at radius 1 is 1.44 bits per heavy atom. The first-order valence-corrected chi connectivity index (χ1v) is 5.98. The quantitative estimate of drug-likeness (QED) is 0.475. The molecule has 0 fully saturated rings. The maximum atomic E-state index is 11.0. The molecular weight excluding hydrogens is 300 g/mol. The molecule has 5 nitrogen and oxygen atoms in total. The monoisotopic (exact) mass is 310 g/mol. The minimum atomic E-state index is -0.519. The molecule has 6 heteroatoms. The predicted octanol–water partition coefficient (Wildman–Crippen LogP) is 2.26. The number of nitrogens with zero attached hydrogens (tertiary/aromatic N) is 2. The molecule has 0 bridgehead atoms. The number of carbonyl (C=O) groups excluding carboxylic acids is 1. The molecule has 0 aliphatic rings. The van der Waals surface area contributed by atoms with Crippen molar-refractivity contribution >= 4 is 27.6 Å². The van der Waals surface area contributed by atoms with Crippen molar-refractivity contribution < 1.29 is 14.4 Å². The Hall–Kier alpha value is -1.87. The number of oxime groups is 1. The summed E-state index contributed by atoms with van der Waals surface area (Å²) in [6.07, 6.45) is 0. The second-order valence-electron chi connectivity index (χ2n) is 3.14. The lowest BCUT2D eigenvalue weighted by Gasteiger charge is -2.01. The molecule has 1 rings (SSSR count). The van der Waals surface area contributed by atoms with Crippen molar-refractivity contribution in [2.45, 2.75) is 6.92 Å². The molecule has 0 aromatic heterocycles. The number of hydrogen-bond donors (Lipinski definition) is 0. The van der Waals surface area contributed by atoms with E-state index in [1.165, 1.54) is 0 Å². The van der Waals surface area contributed by atoms with Gasteiger partial charge in [-0.1, -0.05) is 33.2 Å². The van der Waals surface area contributed by atoms with E-state index in [2.05, 4.69) is 25.8 Å². The smallest absolute Gasteiger partial charge is 0.347 e. The summed E-state index contributed by atoms with van der Waals surface area (Å²) in [5.41, 5.74) is 0.719. The van der Waals surface area contributed by atoms with Gasteiger partial charge in [0.15, 0.2) is 5.71 Å². The summed E-state index contributed by atoms with van der Waals surface area (Å²) in [4.78, 5) is 15.8. The second kappa shape index (κ2) is 7.45. The molecule has 0 heterocycles. The Morgan fingerprint density at radius 3 is 2.67 bits per heavy atom. The molecular formula is C12H11BrN2O3. The molecule has 0 atom stereocenters. The van der Waals surface area contributed by atoms with Gasteiger partial charge in [0.1, 0.15) is 6.07 Å². The number of esters is 1. The van der Waals surface area contributed by atoms with E-state index in [1.807, 2.05) is 6.07 Å². The Labute approximate surface area is 113 Å². The van der Waals surface area contributed by atoms with Crippen LogP contribution >= 0.6 is 15.9 Å². The van der Waals surface area contributed by atoms with Crippen molar-refractivity contribution in [3.05, 3.63) is 34.3 Å². The standard InChI is InChI=1S/C12H11BrN2O3/c1-2-17-12(16)8-18-15-11(7-14)9-3-5-10(13)6-4-9/h3-6H,2,8H2,1H3/b15-11+. The van der Waals surface area contributed by atoms with Crippen molar-refractivity contribution in [2.24, 2.45) is 5.16 Å². The normalized spacial score (nSPS) is 10.6. The van der Waals surface area contributed by atoms with Crippen LogP contribution < -0.4 is 0 Å². The molecule has 0 saturated heterocycles. The van der Waals surface area contributed by atoms with E-state index in [-0.39, 0.29) is 18.9 Å². The Bertz CT molecular complexity index is 477. The van der Waals surface area contributed by atoms with Gasteiger partial charge in [0, 0.05) is 10.0 Å². The summed E-state index contributed by atoms with van der Waals surface area (Å²) in [5, 5.41) is 12.5. The third kappa shape index (κ3) is 4.55. The molecule has 0 aliphatic heterocycles. The first-order valence-electron chi connectivity index (χ1n) is 5.19. The second-order valence-corrected chi connectivity index (χ2v) is 4.05. The van der Waals surface area contributed by atoms with Gasteiger partial charge < -0.3 is 9.57 Å². The highest BCUT2D eigenvalue weighted by Crippen LogP contribution is 2.11. The predicted molar refractivity (Wildman–Crippen MR) is 68.9 cm³/mol. The third-order valence-corrected chi connectivity index (χ3v) is 2.40. The molecule has 18 heavy (non-hydrogen) atoms. The number of carbonyl (C=O) groups is 1. The molecule has 0 aliphatic carbocycles. The zero-order chi connectivity index (χ0) is 13.4. The summed E-state index contributed by atoms with van der Waals surface area (Å²) < 4.78 is 5.56. The van der Waals surface area contributed by atoms with Crippen LogP contribution in [0.4, 0.5) is 0 Å². The van der Waals surface area contributed by atoms with Crippen molar-refractivity contribution in [3.63, 3.8) is 0 Å². The minimum Gasteiger partial charge on any atom is -0.463 e. The van der Waals surface area contributed by atoms with Crippen LogP contribution in [0.5, 0.6) is 0 Å². The maximum Gasteiger partial charge on any atom is 0.347 e. The van der Waals surface area contributed by atoms with E-state index in [9.17, 15) is 4.79 Å². The highest BCUT2D eigenvalue weighted by Gasteiger charge is 2.05. The van der Waals surface area contributed by atoms with Gasteiger partial charge in [0.05, 0.1) is 6.61 Å². The van der Waals surface area contributed by atoms with Crippen molar-refractivity contribution in [2.75, 3.05) is 13.2 Å². The number of halogens is 1. The van der Waals surface area contributed by atoms with Crippen LogP contribution in [-0.4, -0.2) is 24.9 Å². The van der Waals surface area contributed by atoms with Crippen LogP contribution in [0.3, 0.4) is 0 Å². The zero-order valence-electron chi connectivity index (χ0n) is 9.72. The van der Waals surface area contributed by atoms with Crippen molar-refractivity contribution in [1.29, 1.82) is 5.26 Å². The summed E-state index contributed by atoms with van der Waals surface area (Å²) >= 11 is 3.29. The fourth-order valence-electron chi connectivity index (χ4n) is 1.10. The van der Waals surface area contributed by atoms with Gasteiger partial charge in [0.25, 0.3) is 0 Å². The van der Waals surface area contributed by atoms with Crippen LogP contribution in [0, 0.1) is 11.3 Å². The van der Waals surface area contributed by atoms with E-state index in [4.69, 9.17) is 10.1 Å². The zero-order valence-corrected chi connectivity index (χ0v) is 11.3. The lowest BCUT2D eigenvalue weighted by Crippen LogP contribution is -2.11. The molecule has 0 radical (unpaired) electrons. The molecule has 0 saturated carbocycles. The van der Waals surface area contributed by atoms with E-state index in [0.29, 0.717) is 5.56 Å². The molecule has 0 amide bonds. The minimum absolute atomic E-state index is 0.104. The van der Waals surface area contributed by atoms with Crippen molar-refractivity contribution in [1.82, 2.24) is 0 Å². The first-order chi connectivity index (χ1) is 8.67. The van der Waals surface area contributed by atoms with Gasteiger partial charge in [-0.05, 0) is 19.1 Å². The lowest BCUT2D eigenvalue weighted by molar-refractivity contribution is -0.148. The van der Waals surface area contributed by atoms with Gasteiger partial charge in [-0.2, -0.15) is 5.26 Å². The molecule has 94 valence electrons. The van der Waals surface area contributed by atoms with E-state index in [1.54, 1.807) is 31.2 Å². The Balaban J connectivity index is 2.64. The Morgan fingerprint density at radius 2 is 2.11 bits per heavy atom. The number of rotatable bonds is 5. The Kier molecular flexibility index (Phi) is 5.88. The molecule has 1 aromatic rings. The lowest BCUT2D eigenvalue weighted by atomic mass is 10.1. The highest BCUT2D eigenvalue weighted by atomic mass is 79.9. The van der Waals surface area contributed by atoms with Crippen LogP contribution in [0.15, 0.2) is 33.9 Å². The van der Waals surface area contributed by atoms with Crippen molar-refractivity contribution in [3.8, 4) is 6.07 Å². The van der Waals surface area contributed by atoms with Gasteiger partial charge in [-0.25, -0.2) is 4.79 Å². The largest absolute Gasteiger partial charge is 0.463 e. The molecule has 1 aromatic carbocycles. The summed E-state index contributed by atoms with van der Waals surface area (Å²) in [6.45, 7) is 1.67. The molecule has 0 spiro atoms. The average Bonchev–Trinajstić information content (AvgIpc) is 2.36. The van der Waals surface area contributed by atoms with E-state index in [0.717, 1.165) is 4.47 Å². The SMILES string of the molecule is CCOC(=O)CO/N=C(\C#N)c1ccc(Br)cc1. The highest BCUT2D eigenvalue weighted by molar-refractivity contribution is 9.10. The number of benzene rings is 1. The number of nitriles is 1. The summed E-state index contributed by atoms with van der Waals surface area (Å²) in [7, 11) is 0. The maximum absolute atomic E-state index is 11.0. The molecule has 0 unspecified atom stereocenters.